The minimum Gasteiger partial charge on any atom is -0.395 e. The van der Waals surface area contributed by atoms with Crippen LogP contribution in [0, 0.1) is 6.92 Å². The number of aliphatic hydroxyl groups is 2. The lowest BCUT2D eigenvalue weighted by Crippen LogP contribution is -2.44. The summed E-state index contributed by atoms with van der Waals surface area (Å²) in [5, 5.41) is 18.2. The lowest BCUT2D eigenvalue weighted by Gasteiger charge is -2.35. The first kappa shape index (κ1) is 11.0. The predicted molar refractivity (Wildman–Crippen MR) is 52.0 cm³/mol. The third kappa shape index (κ3) is 3.25. The van der Waals surface area contributed by atoms with E-state index in [2.05, 4.69) is 6.92 Å². The number of rotatable bonds is 4. The number of hydrogen-bond acceptors (Lipinski definition) is 3. The van der Waals surface area contributed by atoms with Crippen LogP contribution in [-0.2, 0) is 0 Å². The maximum atomic E-state index is 9.40. The molecule has 2 N–H and O–H groups in total. The maximum absolute atomic E-state index is 9.40. The number of hydrogen-bond donors (Lipinski definition) is 2. The highest BCUT2D eigenvalue weighted by Crippen LogP contribution is 2.23. The number of aliphatic hydroxyl groups excluding tert-OH is 2. The summed E-state index contributed by atoms with van der Waals surface area (Å²) in [6.45, 7) is 4.24. The quantitative estimate of drug-likeness (QED) is 0.637. The van der Waals surface area contributed by atoms with Crippen molar-refractivity contribution >= 4 is 0 Å². The van der Waals surface area contributed by atoms with Gasteiger partial charge in [0.25, 0.3) is 0 Å². The molecule has 77 valence electrons. The highest BCUT2D eigenvalue weighted by molar-refractivity contribution is 4.78. The zero-order valence-corrected chi connectivity index (χ0v) is 8.15. The van der Waals surface area contributed by atoms with Gasteiger partial charge in [-0.3, -0.25) is 4.90 Å². The summed E-state index contributed by atoms with van der Waals surface area (Å²) in [6.07, 6.45) is 5.37. The number of nitrogens with zero attached hydrogens (tertiary/aromatic N) is 1. The molecule has 0 aliphatic heterocycles. The molecule has 13 heavy (non-hydrogen) atoms. The van der Waals surface area contributed by atoms with E-state index in [4.69, 9.17) is 5.11 Å². The monoisotopic (exact) mass is 186 g/mol. The van der Waals surface area contributed by atoms with Gasteiger partial charge in [0.05, 0.1) is 6.61 Å². The van der Waals surface area contributed by atoms with Crippen LogP contribution in [0.1, 0.15) is 32.1 Å². The van der Waals surface area contributed by atoms with Gasteiger partial charge in [0, 0.05) is 12.6 Å². The van der Waals surface area contributed by atoms with Gasteiger partial charge in [0.1, 0.15) is 6.23 Å². The molecule has 0 aromatic heterocycles. The second-order valence-electron chi connectivity index (χ2n) is 3.73. The molecule has 1 fully saturated rings. The second-order valence-corrected chi connectivity index (χ2v) is 3.73. The molecule has 0 bridgehead atoms. The highest BCUT2D eigenvalue weighted by atomic mass is 16.3. The normalized spacial score (nSPS) is 22.2. The van der Waals surface area contributed by atoms with Gasteiger partial charge in [-0.05, 0) is 19.8 Å². The standard InChI is InChI=1S/C10H20NO2/c1-9(13)11(7-8-12)10-5-3-2-4-6-10/h9-10,12-13H,1-8H2. The van der Waals surface area contributed by atoms with Crippen LogP contribution in [-0.4, -0.2) is 40.5 Å². The summed E-state index contributed by atoms with van der Waals surface area (Å²) in [6, 6.07) is 0.424. The highest BCUT2D eigenvalue weighted by Gasteiger charge is 2.23. The minimum atomic E-state index is -0.671. The molecule has 0 amide bonds. The van der Waals surface area contributed by atoms with Crippen LogP contribution in [0.3, 0.4) is 0 Å². The first-order valence-electron chi connectivity index (χ1n) is 5.13. The van der Waals surface area contributed by atoms with Gasteiger partial charge in [-0.15, -0.1) is 0 Å². The van der Waals surface area contributed by atoms with Crippen molar-refractivity contribution in [2.24, 2.45) is 0 Å². The molecule has 1 radical (unpaired) electrons. The Balaban J connectivity index is 2.41. The summed E-state index contributed by atoms with van der Waals surface area (Å²) < 4.78 is 0. The van der Waals surface area contributed by atoms with Gasteiger partial charge in [-0.1, -0.05) is 19.3 Å². The Morgan fingerprint density at radius 3 is 2.38 bits per heavy atom. The SMILES string of the molecule is [CH2]C(O)N(CCO)C1CCCCC1. The van der Waals surface area contributed by atoms with Crippen molar-refractivity contribution < 1.29 is 10.2 Å². The lowest BCUT2D eigenvalue weighted by atomic mass is 9.94. The molecule has 0 aromatic rings. The van der Waals surface area contributed by atoms with E-state index in [1.54, 1.807) is 0 Å². The van der Waals surface area contributed by atoms with Gasteiger partial charge in [0.2, 0.25) is 0 Å². The fraction of sp³-hybridized carbons (Fsp3) is 0.900. The molecule has 1 atom stereocenters. The summed E-state index contributed by atoms with van der Waals surface area (Å²) in [5.74, 6) is 0. The predicted octanol–water partition coefficient (Wildman–Crippen LogP) is 0.766. The Labute approximate surface area is 80.4 Å². The van der Waals surface area contributed by atoms with E-state index < -0.39 is 6.23 Å². The van der Waals surface area contributed by atoms with Crippen LogP contribution in [0.4, 0.5) is 0 Å². The Bertz CT molecular complexity index is 133. The first-order chi connectivity index (χ1) is 6.25. The zero-order valence-electron chi connectivity index (χ0n) is 8.15. The second kappa shape index (κ2) is 5.58. The molecule has 1 rings (SSSR count). The molecular formula is C10H20NO2. The Hall–Kier alpha value is -0.120. The first-order valence-corrected chi connectivity index (χ1v) is 5.13. The molecule has 1 aliphatic rings. The third-order valence-electron chi connectivity index (χ3n) is 2.78. The molecule has 1 unspecified atom stereocenters. The van der Waals surface area contributed by atoms with Crippen LogP contribution < -0.4 is 0 Å². The van der Waals surface area contributed by atoms with E-state index in [1.165, 1.54) is 19.3 Å². The third-order valence-corrected chi connectivity index (χ3v) is 2.78. The Morgan fingerprint density at radius 2 is 1.92 bits per heavy atom. The summed E-state index contributed by atoms with van der Waals surface area (Å²) in [5.41, 5.74) is 0. The molecule has 1 saturated carbocycles. The van der Waals surface area contributed by atoms with E-state index >= 15 is 0 Å². The Kier molecular flexibility index (Phi) is 4.70. The van der Waals surface area contributed by atoms with Crippen LogP contribution in [0.5, 0.6) is 0 Å². The van der Waals surface area contributed by atoms with E-state index in [9.17, 15) is 5.11 Å². The van der Waals surface area contributed by atoms with Crippen molar-refractivity contribution in [2.45, 2.75) is 44.4 Å². The maximum Gasteiger partial charge on any atom is 0.107 e. The molecule has 3 heteroatoms. The van der Waals surface area contributed by atoms with E-state index in [1.807, 2.05) is 4.90 Å². The summed E-state index contributed by atoms with van der Waals surface area (Å²) in [7, 11) is 0. The summed E-state index contributed by atoms with van der Waals surface area (Å²) in [4.78, 5) is 1.90. The van der Waals surface area contributed by atoms with Crippen LogP contribution in [0.25, 0.3) is 0 Å². The van der Waals surface area contributed by atoms with Gasteiger partial charge >= 0.3 is 0 Å². The van der Waals surface area contributed by atoms with Gasteiger partial charge < -0.3 is 10.2 Å². The Morgan fingerprint density at radius 1 is 1.31 bits per heavy atom. The average Bonchev–Trinajstić information content (AvgIpc) is 2.15. The fourth-order valence-electron chi connectivity index (χ4n) is 2.10. The smallest absolute Gasteiger partial charge is 0.107 e. The largest absolute Gasteiger partial charge is 0.395 e. The molecule has 1 aliphatic carbocycles. The van der Waals surface area contributed by atoms with Crippen molar-refractivity contribution in [2.75, 3.05) is 13.2 Å². The van der Waals surface area contributed by atoms with Crippen molar-refractivity contribution in [3.05, 3.63) is 6.92 Å². The minimum absolute atomic E-state index is 0.100. The molecular weight excluding hydrogens is 166 g/mol. The van der Waals surface area contributed by atoms with Crippen molar-refractivity contribution in [1.29, 1.82) is 0 Å². The van der Waals surface area contributed by atoms with Crippen LogP contribution in [0.2, 0.25) is 0 Å². The van der Waals surface area contributed by atoms with Crippen molar-refractivity contribution in [3.63, 3.8) is 0 Å². The fourth-order valence-corrected chi connectivity index (χ4v) is 2.10. The zero-order chi connectivity index (χ0) is 9.68. The molecule has 0 heterocycles. The van der Waals surface area contributed by atoms with E-state index in [0.717, 1.165) is 12.8 Å². The van der Waals surface area contributed by atoms with Gasteiger partial charge in [0.15, 0.2) is 0 Å². The van der Waals surface area contributed by atoms with Gasteiger partial charge in [-0.25, -0.2) is 0 Å². The van der Waals surface area contributed by atoms with Crippen LogP contribution in [0.15, 0.2) is 0 Å². The van der Waals surface area contributed by atoms with Crippen molar-refractivity contribution in [1.82, 2.24) is 4.90 Å². The molecule has 0 saturated heterocycles. The molecule has 0 spiro atoms. The molecule has 0 aromatic carbocycles. The molecule has 3 nitrogen and oxygen atoms in total. The van der Waals surface area contributed by atoms with Crippen molar-refractivity contribution in [3.8, 4) is 0 Å². The van der Waals surface area contributed by atoms with Gasteiger partial charge in [-0.2, -0.15) is 0 Å². The van der Waals surface area contributed by atoms with E-state index in [-0.39, 0.29) is 6.61 Å². The topological polar surface area (TPSA) is 43.7 Å². The average molecular weight is 186 g/mol. The summed E-state index contributed by atoms with van der Waals surface area (Å²) >= 11 is 0. The van der Waals surface area contributed by atoms with Crippen LogP contribution >= 0.6 is 0 Å². The van der Waals surface area contributed by atoms with E-state index in [0.29, 0.717) is 12.6 Å². The lowest BCUT2D eigenvalue weighted by molar-refractivity contribution is -0.0140.